The molecule has 0 spiro atoms. The number of para-hydroxylation sites is 1. The minimum Gasteiger partial charge on any atom is -0.465 e. The van der Waals surface area contributed by atoms with E-state index in [-0.39, 0.29) is 15.5 Å². The lowest BCUT2D eigenvalue weighted by molar-refractivity contribution is 0.0596. The van der Waals surface area contributed by atoms with Gasteiger partial charge in [0.05, 0.1) is 18.4 Å². The van der Waals surface area contributed by atoms with Gasteiger partial charge in [0.15, 0.2) is 0 Å². The van der Waals surface area contributed by atoms with E-state index in [1.807, 2.05) is 0 Å². The van der Waals surface area contributed by atoms with Gasteiger partial charge in [0.25, 0.3) is 10.0 Å². The van der Waals surface area contributed by atoms with Crippen molar-refractivity contribution in [2.24, 2.45) is 0 Å². The van der Waals surface area contributed by atoms with Gasteiger partial charge in [-0.2, -0.15) is 0 Å². The zero-order valence-corrected chi connectivity index (χ0v) is 13.6. The van der Waals surface area contributed by atoms with Crippen LogP contribution >= 0.6 is 11.6 Å². The van der Waals surface area contributed by atoms with Crippen molar-refractivity contribution in [2.75, 3.05) is 18.5 Å². The number of sulfonamides is 1. The van der Waals surface area contributed by atoms with E-state index in [1.165, 1.54) is 32.4 Å². The Bertz CT molecular complexity index is 790. The quantitative estimate of drug-likeness (QED) is 0.803. The van der Waals surface area contributed by atoms with Gasteiger partial charge >= 0.3 is 5.97 Å². The summed E-state index contributed by atoms with van der Waals surface area (Å²) in [6.07, 6.45) is 0. The van der Waals surface area contributed by atoms with Crippen molar-refractivity contribution < 1.29 is 17.9 Å². The van der Waals surface area contributed by atoms with Crippen LogP contribution in [0.2, 0.25) is 5.02 Å². The Morgan fingerprint density at radius 3 is 2.36 bits per heavy atom. The molecular formula is C15H14ClNO4S. The van der Waals surface area contributed by atoms with Gasteiger partial charge in [-0.3, -0.25) is 4.31 Å². The van der Waals surface area contributed by atoms with Gasteiger partial charge in [0.2, 0.25) is 0 Å². The molecular weight excluding hydrogens is 326 g/mol. The van der Waals surface area contributed by atoms with Crippen LogP contribution in [0.5, 0.6) is 0 Å². The first-order valence-electron chi connectivity index (χ1n) is 6.30. The van der Waals surface area contributed by atoms with Crippen LogP contribution in [0.15, 0.2) is 53.4 Å². The predicted octanol–water partition coefficient (Wildman–Crippen LogP) is 2.95. The Labute approximate surface area is 134 Å². The van der Waals surface area contributed by atoms with Crippen LogP contribution in [0.1, 0.15) is 10.4 Å². The normalized spacial score (nSPS) is 11.0. The Kier molecular flexibility index (Phi) is 4.73. The van der Waals surface area contributed by atoms with E-state index in [1.54, 1.807) is 30.3 Å². The van der Waals surface area contributed by atoms with Gasteiger partial charge in [0.1, 0.15) is 4.90 Å². The molecule has 22 heavy (non-hydrogen) atoms. The molecule has 0 aliphatic rings. The standard InChI is InChI=1S/C15H14ClNO4S/c1-17(12-6-4-3-5-7-12)22(19,20)14-10-11(16)8-9-13(14)15(18)21-2/h3-10H,1-2H3. The molecule has 7 heteroatoms. The number of anilines is 1. The van der Waals surface area contributed by atoms with E-state index in [2.05, 4.69) is 4.74 Å². The maximum atomic E-state index is 12.8. The van der Waals surface area contributed by atoms with E-state index in [9.17, 15) is 13.2 Å². The first-order valence-corrected chi connectivity index (χ1v) is 8.11. The third kappa shape index (κ3) is 3.08. The van der Waals surface area contributed by atoms with Gasteiger partial charge in [-0.25, -0.2) is 13.2 Å². The first kappa shape index (κ1) is 16.3. The smallest absolute Gasteiger partial charge is 0.339 e. The van der Waals surface area contributed by atoms with Crippen molar-refractivity contribution >= 4 is 33.3 Å². The summed E-state index contributed by atoms with van der Waals surface area (Å²) in [5.41, 5.74) is 0.410. The van der Waals surface area contributed by atoms with Crippen molar-refractivity contribution in [3.63, 3.8) is 0 Å². The molecule has 2 rings (SSSR count). The summed E-state index contributed by atoms with van der Waals surface area (Å²) in [4.78, 5) is 11.6. The van der Waals surface area contributed by atoms with Crippen LogP contribution in [0.25, 0.3) is 0 Å². The minimum atomic E-state index is -3.95. The van der Waals surface area contributed by atoms with Gasteiger partial charge in [-0.05, 0) is 30.3 Å². The second kappa shape index (κ2) is 6.37. The largest absolute Gasteiger partial charge is 0.465 e. The fraction of sp³-hybridized carbons (Fsp3) is 0.133. The fourth-order valence-electron chi connectivity index (χ4n) is 1.91. The van der Waals surface area contributed by atoms with Gasteiger partial charge in [-0.1, -0.05) is 29.8 Å². The highest BCUT2D eigenvalue weighted by molar-refractivity contribution is 7.92. The number of rotatable bonds is 4. The number of benzene rings is 2. The van der Waals surface area contributed by atoms with Crippen molar-refractivity contribution in [3.05, 3.63) is 59.1 Å². The highest BCUT2D eigenvalue weighted by atomic mass is 35.5. The van der Waals surface area contributed by atoms with Crippen molar-refractivity contribution in [1.82, 2.24) is 0 Å². The monoisotopic (exact) mass is 339 g/mol. The summed E-state index contributed by atoms with van der Waals surface area (Å²) in [7, 11) is -1.35. The van der Waals surface area contributed by atoms with Crippen molar-refractivity contribution in [3.8, 4) is 0 Å². The predicted molar refractivity (Wildman–Crippen MR) is 84.8 cm³/mol. The van der Waals surface area contributed by atoms with Crippen molar-refractivity contribution in [1.29, 1.82) is 0 Å². The highest BCUT2D eigenvalue weighted by Crippen LogP contribution is 2.27. The molecule has 0 amide bonds. The van der Waals surface area contributed by atoms with E-state index in [4.69, 9.17) is 11.6 Å². The number of carbonyl (C=O) groups excluding carboxylic acids is 1. The van der Waals surface area contributed by atoms with Gasteiger partial charge < -0.3 is 4.74 Å². The molecule has 0 aromatic heterocycles. The molecule has 5 nitrogen and oxygen atoms in total. The number of halogens is 1. The third-order valence-electron chi connectivity index (χ3n) is 3.11. The topological polar surface area (TPSA) is 63.7 Å². The number of carbonyl (C=O) groups is 1. The van der Waals surface area contributed by atoms with E-state index in [0.717, 1.165) is 4.31 Å². The summed E-state index contributed by atoms with van der Waals surface area (Å²) in [6.45, 7) is 0. The fourth-order valence-corrected chi connectivity index (χ4v) is 3.55. The summed E-state index contributed by atoms with van der Waals surface area (Å²) in [5.74, 6) is -0.739. The molecule has 0 saturated carbocycles. The number of ether oxygens (including phenoxy) is 1. The lowest BCUT2D eigenvalue weighted by Crippen LogP contribution is -2.28. The number of esters is 1. The first-order chi connectivity index (χ1) is 10.4. The summed E-state index contributed by atoms with van der Waals surface area (Å²) >= 11 is 5.89. The minimum absolute atomic E-state index is 0.0605. The maximum absolute atomic E-state index is 12.8. The average molecular weight is 340 g/mol. The van der Waals surface area contributed by atoms with Crippen molar-refractivity contribution in [2.45, 2.75) is 4.90 Å². The van der Waals surface area contributed by atoms with Crippen LogP contribution in [0.3, 0.4) is 0 Å². The summed E-state index contributed by atoms with van der Waals surface area (Å²) < 4.78 is 31.3. The Morgan fingerprint density at radius 2 is 1.77 bits per heavy atom. The van der Waals surface area contributed by atoms with E-state index in [0.29, 0.717) is 5.69 Å². The van der Waals surface area contributed by atoms with E-state index >= 15 is 0 Å². The second-order valence-electron chi connectivity index (χ2n) is 4.44. The molecule has 0 aliphatic heterocycles. The molecule has 0 saturated heterocycles. The molecule has 0 fully saturated rings. The van der Waals surface area contributed by atoms with Crippen LogP contribution in [0, 0.1) is 0 Å². The Hall–Kier alpha value is -2.05. The number of methoxy groups -OCH3 is 1. The van der Waals surface area contributed by atoms with Crippen LogP contribution in [-0.2, 0) is 14.8 Å². The van der Waals surface area contributed by atoms with Gasteiger partial charge in [0, 0.05) is 12.1 Å². The van der Waals surface area contributed by atoms with E-state index < -0.39 is 16.0 Å². The molecule has 0 atom stereocenters. The summed E-state index contributed by atoms with van der Waals surface area (Å²) in [5, 5.41) is 0.215. The summed E-state index contributed by atoms with van der Waals surface area (Å²) in [6, 6.07) is 12.5. The number of nitrogens with zero attached hydrogens (tertiary/aromatic N) is 1. The molecule has 0 aliphatic carbocycles. The van der Waals surface area contributed by atoms with Crippen LogP contribution in [-0.4, -0.2) is 28.5 Å². The average Bonchev–Trinajstić information content (AvgIpc) is 2.54. The number of hydrogen-bond donors (Lipinski definition) is 0. The third-order valence-corrected chi connectivity index (χ3v) is 5.17. The zero-order valence-electron chi connectivity index (χ0n) is 12.0. The molecule has 0 radical (unpaired) electrons. The lowest BCUT2D eigenvalue weighted by Gasteiger charge is -2.20. The zero-order chi connectivity index (χ0) is 16.3. The van der Waals surface area contributed by atoms with Crippen LogP contribution < -0.4 is 4.31 Å². The SMILES string of the molecule is COC(=O)c1ccc(Cl)cc1S(=O)(=O)N(C)c1ccccc1. The maximum Gasteiger partial charge on any atom is 0.339 e. The molecule has 0 N–H and O–H groups in total. The second-order valence-corrected chi connectivity index (χ2v) is 6.81. The Balaban J connectivity index is 2.59. The molecule has 2 aromatic carbocycles. The molecule has 116 valence electrons. The molecule has 0 unspecified atom stereocenters. The molecule has 0 heterocycles. The Morgan fingerprint density at radius 1 is 1.14 bits per heavy atom. The molecule has 0 bridgehead atoms. The van der Waals surface area contributed by atoms with Crippen LogP contribution in [0.4, 0.5) is 5.69 Å². The highest BCUT2D eigenvalue weighted by Gasteiger charge is 2.27. The van der Waals surface area contributed by atoms with Gasteiger partial charge in [-0.15, -0.1) is 0 Å². The number of hydrogen-bond acceptors (Lipinski definition) is 4. The molecule has 2 aromatic rings. The lowest BCUT2D eigenvalue weighted by atomic mass is 10.2.